The maximum Gasteiger partial charge on any atom is 0.268 e. The summed E-state index contributed by atoms with van der Waals surface area (Å²) in [6, 6.07) is 13.7. The van der Waals surface area contributed by atoms with Crippen molar-refractivity contribution in [1.29, 1.82) is 0 Å². The van der Waals surface area contributed by atoms with Gasteiger partial charge < -0.3 is 15.2 Å². The smallest absolute Gasteiger partial charge is 0.268 e. The van der Waals surface area contributed by atoms with Crippen LogP contribution in [-0.2, 0) is 0 Å². The lowest BCUT2D eigenvalue weighted by Crippen LogP contribution is -2.37. The highest BCUT2D eigenvalue weighted by Gasteiger charge is 2.26. The third-order valence-electron chi connectivity index (χ3n) is 4.77. The second-order valence-corrected chi connectivity index (χ2v) is 6.50. The lowest BCUT2D eigenvalue weighted by atomic mass is 10.2. The zero-order valence-electron chi connectivity index (χ0n) is 14.0. The van der Waals surface area contributed by atoms with Crippen LogP contribution in [0.25, 0.3) is 16.6 Å². The van der Waals surface area contributed by atoms with Crippen LogP contribution < -0.4 is 10.2 Å². The molecule has 0 unspecified atom stereocenters. The van der Waals surface area contributed by atoms with Crippen molar-refractivity contribution in [3.8, 4) is 0 Å². The van der Waals surface area contributed by atoms with E-state index in [1.165, 1.54) is 0 Å². The fourth-order valence-electron chi connectivity index (χ4n) is 3.43. The molecule has 3 aromatic heterocycles. The van der Waals surface area contributed by atoms with Gasteiger partial charge in [-0.2, -0.15) is 4.52 Å². The maximum absolute atomic E-state index is 12.6. The third-order valence-corrected chi connectivity index (χ3v) is 4.77. The molecule has 1 aliphatic rings. The molecule has 0 radical (unpaired) electrons. The SMILES string of the molecule is O=C(N[C@@H]1CCN(c2ccc3nncn3n2)C1)c1cc2ccccc2[nH]1. The number of hydrogen-bond donors (Lipinski definition) is 2. The van der Waals surface area contributed by atoms with Gasteiger partial charge in [0.2, 0.25) is 0 Å². The molecule has 0 bridgehead atoms. The van der Waals surface area contributed by atoms with Crippen molar-refractivity contribution in [1.82, 2.24) is 30.1 Å². The summed E-state index contributed by atoms with van der Waals surface area (Å²) in [6.07, 6.45) is 2.47. The molecule has 1 amide bonds. The molecule has 1 saturated heterocycles. The minimum atomic E-state index is -0.0738. The Morgan fingerprint density at radius 1 is 1.23 bits per heavy atom. The van der Waals surface area contributed by atoms with Crippen LogP contribution in [-0.4, -0.2) is 49.8 Å². The number of benzene rings is 1. The summed E-state index contributed by atoms with van der Waals surface area (Å²) in [4.78, 5) is 17.9. The number of para-hydroxylation sites is 1. The number of fused-ring (bicyclic) bond motifs is 2. The summed E-state index contributed by atoms with van der Waals surface area (Å²) in [7, 11) is 0. The van der Waals surface area contributed by atoms with Gasteiger partial charge in [-0.1, -0.05) is 18.2 Å². The number of hydrogen-bond acceptors (Lipinski definition) is 5. The highest BCUT2D eigenvalue weighted by atomic mass is 16.2. The Balaban J connectivity index is 1.28. The second kappa shape index (κ2) is 5.83. The molecular weight excluding hydrogens is 330 g/mol. The molecule has 1 aliphatic heterocycles. The van der Waals surface area contributed by atoms with Gasteiger partial charge in [-0.25, -0.2) is 0 Å². The fourth-order valence-corrected chi connectivity index (χ4v) is 3.43. The normalized spacial score (nSPS) is 17.2. The van der Waals surface area contributed by atoms with Crippen LogP contribution in [0.4, 0.5) is 5.82 Å². The van der Waals surface area contributed by atoms with E-state index in [2.05, 4.69) is 30.5 Å². The number of carbonyl (C=O) groups is 1. The van der Waals surface area contributed by atoms with Gasteiger partial charge in [0.15, 0.2) is 5.65 Å². The van der Waals surface area contributed by atoms with E-state index < -0.39 is 0 Å². The van der Waals surface area contributed by atoms with Crippen LogP contribution in [0.3, 0.4) is 0 Å². The average molecular weight is 347 g/mol. The van der Waals surface area contributed by atoms with E-state index in [9.17, 15) is 4.79 Å². The topological polar surface area (TPSA) is 91.2 Å². The number of aromatic nitrogens is 5. The second-order valence-electron chi connectivity index (χ2n) is 6.50. The number of nitrogens with one attached hydrogen (secondary N) is 2. The summed E-state index contributed by atoms with van der Waals surface area (Å²) in [5.41, 5.74) is 2.28. The van der Waals surface area contributed by atoms with E-state index in [-0.39, 0.29) is 11.9 Å². The molecule has 0 aliphatic carbocycles. The molecule has 4 aromatic rings. The van der Waals surface area contributed by atoms with Crippen molar-refractivity contribution in [3.05, 3.63) is 54.5 Å². The molecule has 1 fully saturated rings. The van der Waals surface area contributed by atoms with Crippen molar-refractivity contribution in [3.63, 3.8) is 0 Å². The van der Waals surface area contributed by atoms with E-state index >= 15 is 0 Å². The van der Waals surface area contributed by atoms with Gasteiger partial charge in [0.1, 0.15) is 17.8 Å². The number of H-pyrrole nitrogens is 1. The number of anilines is 1. The highest BCUT2D eigenvalue weighted by molar-refractivity contribution is 5.98. The summed E-state index contributed by atoms with van der Waals surface area (Å²) in [6.45, 7) is 1.57. The standard InChI is InChI=1S/C18H17N7O/c26-18(15-9-12-3-1-2-4-14(12)21-15)20-13-7-8-24(10-13)17-6-5-16-22-19-11-25(16)23-17/h1-6,9,11,13,21H,7-8,10H2,(H,20,26)/t13-/m1/s1. The predicted octanol–water partition coefficient (Wildman–Crippen LogP) is 1.61. The first-order valence-corrected chi connectivity index (χ1v) is 8.57. The number of nitrogens with zero attached hydrogens (tertiary/aromatic N) is 5. The maximum atomic E-state index is 12.6. The summed E-state index contributed by atoms with van der Waals surface area (Å²) in [5.74, 6) is 0.787. The van der Waals surface area contributed by atoms with Crippen LogP contribution in [0, 0.1) is 0 Å². The summed E-state index contributed by atoms with van der Waals surface area (Å²) >= 11 is 0. The van der Waals surface area contributed by atoms with Gasteiger partial charge in [-0.05, 0) is 30.7 Å². The van der Waals surface area contributed by atoms with Crippen LogP contribution in [0.15, 0.2) is 48.8 Å². The monoisotopic (exact) mass is 347 g/mol. The minimum Gasteiger partial charge on any atom is -0.353 e. The molecular formula is C18H17N7O. The Labute approximate surface area is 148 Å². The first-order valence-electron chi connectivity index (χ1n) is 8.57. The molecule has 1 atom stereocenters. The van der Waals surface area contributed by atoms with E-state index in [4.69, 9.17) is 0 Å². The fraction of sp³-hybridized carbons (Fsp3) is 0.222. The van der Waals surface area contributed by atoms with Gasteiger partial charge in [0, 0.05) is 30.0 Å². The van der Waals surface area contributed by atoms with Crippen molar-refractivity contribution in [2.75, 3.05) is 18.0 Å². The van der Waals surface area contributed by atoms with Crippen LogP contribution in [0.2, 0.25) is 0 Å². The van der Waals surface area contributed by atoms with Gasteiger partial charge >= 0.3 is 0 Å². The lowest BCUT2D eigenvalue weighted by Gasteiger charge is -2.17. The van der Waals surface area contributed by atoms with Crippen LogP contribution >= 0.6 is 0 Å². The number of carbonyl (C=O) groups excluding carboxylic acids is 1. The highest BCUT2D eigenvalue weighted by Crippen LogP contribution is 2.19. The molecule has 0 spiro atoms. The van der Waals surface area contributed by atoms with Crippen molar-refractivity contribution < 1.29 is 4.79 Å². The van der Waals surface area contributed by atoms with Gasteiger partial charge in [0.25, 0.3) is 5.91 Å². The minimum absolute atomic E-state index is 0.0738. The molecule has 8 nitrogen and oxygen atoms in total. The Hall–Kier alpha value is -3.42. The van der Waals surface area contributed by atoms with E-state index in [0.717, 1.165) is 41.9 Å². The number of aromatic amines is 1. The van der Waals surface area contributed by atoms with E-state index in [1.54, 1.807) is 10.8 Å². The molecule has 0 saturated carbocycles. The molecule has 5 rings (SSSR count). The van der Waals surface area contributed by atoms with Crippen LogP contribution in [0.1, 0.15) is 16.9 Å². The van der Waals surface area contributed by atoms with Crippen molar-refractivity contribution in [2.24, 2.45) is 0 Å². The summed E-state index contributed by atoms with van der Waals surface area (Å²) in [5, 5.41) is 16.5. The van der Waals surface area contributed by atoms with Gasteiger partial charge in [-0.3, -0.25) is 4.79 Å². The largest absolute Gasteiger partial charge is 0.353 e. The quantitative estimate of drug-likeness (QED) is 0.588. The zero-order chi connectivity index (χ0) is 17.5. The number of rotatable bonds is 3. The number of amides is 1. The van der Waals surface area contributed by atoms with Crippen molar-refractivity contribution in [2.45, 2.75) is 12.5 Å². The van der Waals surface area contributed by atoms with Crippen molar-refractivity contribution >= 4 is 28.3 Å². The van der Waals surface area contributed by atoms with Crippen LogP contribution in [0.5, 0.6) is 0 Å². The third kappa shape index (κ3) is 2.55. The first kappa shape index (κ1) is 14.9. The molecule has 26 heavy (non-hydrogen) atoms. The molecule has 130 valence electrons. The van der Waals surface area contributed by atoms with E-state index in [1.807, 2.05) is 42.5 Å². The lowest BCUT2D eigenvalue weighted by molar-refractivity contribution is 0.0936. The van der Waals surface area contributed by atoms with Gasteiger partial charge in [0.05, 0.1) is 0 Å². The Kier molecular flexibility index (Phi) is 3.34. The molecule has 1 aromatic carbocycles. The molecule has 2 N–H and O–H groups in total. The average Bonchev–Trinajstić information content (AvgIpc) is 3.39. The van der Waals surface area contributed by atoms with E-state index in [0.29, 0.717) is 5.69 Å². The molecule has 4 heterocycles. The van der Waals surface area contributed by atoms with Gasteiger partial charge in [-0.15, -0.1) is 15.3 Å². The predicted molar refractivity (Wildman–Crippen MR) is 97.2 cm³/mol. The Bertz CT molecular complexity index is 1070. The summed E-state index contributed by atoms with van der Waals surface area (Å²) < 4.78 is 1.66. The Morgan fingerprint density at radius 2 is 2.15 bits per heavy atom. The Morgan fingerprint density at radius 3 is 3.08 bits per heavy atom. The molecule has 8 heteroatoms. The zero-order valence-corrected chi connectivity index (χ0v) is 14.0. The first-order chi connectivity index (χ1) is 12.8.